The first kappa shape index (κ1) is 29.2. The van der Waals surface area contributed by atoms with Crippen LogP contribution in [0.15, 0.2) is 18.2 Å². The molecule has 2 N–H and O–H groups in total. The van der Waals surface area contributed by atoms with Crippen molar-refractivity contribution >= 4 is 12.1 Å². The number of hydrogen-bond donors (Lipinski definition) is 2. The molecule has 2 aliphatic rings. The molecule has 0 amide bonds. The second-order valence-corrected chi connectivity index (χ2v) is 11.9. The van der Waals surface area contributed by atoms with Crippen LogP contribution in [-0.2, 0) is 31.8 Å². The number of rotatable bonds is 12. The Hall–Kier alpha value is -2.32. The highest BCUT2D eigenvalue weighted by Crippen LogP contribution is 2.48. The van der Waals surface area contributed by atoms with Gasteiger partial charge in [-0.1, -0.05) is 39.8 Å². The molecular weight excluding hydrogens is 476 g/mol. The summed E-state index contributed by atoms with van der Waals surface area (Å²) in [4.78, 5) is 23.3. The van der Waals surface area contributed by atoms with Gasteiger partial charge in [-0.05, 0) is 84.8 Å². The number of carbonyl (C=O) groups is 2. The highest BCUT2D eigenvalue weighted by atomic mass is 16.7. The van der Waals surface area contributed by atoms with E-state index in [0.29, 0.717) is 37.0 Å². The molecule has 0 saturated heterocycles. The zero-order valence-electron chi connectivity index (χ0n) is 22.9. The second-order valence-electron chi connectivity index (χ2n) is 11.9. The van der Waals surface area contributed by atoms with Gasteiger partial charge in [0, 0.05) is 7.11 Å². The number of benzene rings is 1. The van der Waals surface area contributed by atoms with E-state index < -0.39 is 18.2 Å². The second kappa shape index (κ2) is 13.0. The summed E-state index contributed by atoms with van der Waals surface area (Å²) in [7, 11) is 1.55. The lowest BCUT2D eigenvalue weighted by molar-refractivity contribution is -0.139. The Morgan fingerprint density at radius 1 is 1.16 bits per heavy atom. The molecule has 0 heterocycles. The molecule has 0 radical (unpaired) electrons. The van der Waals surface area contributed by atoms with Crippen LogP contribution >= 0.6 is 0 Å². The maximum atomic E-state index is 12.4. The van der Waals surface area contributed by atoms with E-state index in [2.05, 4.69) is 33.8 Å². The van der Waals surface area contributed by atoms with Crippen LogP contribution in [0.1, 0.15) is 64.5 Å². The van der Waals surface area contributed by atoms with Crippen LogP contribution in [0.25, 0.3) is 0 Å². The standard InChI is InChI=1S/C29H44O8/c1-18(16-29(2,3)4)25(37-28(33)35-12-11-34-5)10-9-21-22-13-19-7-6-8-26(36-17-27(31)32)23(19)14-20(22)15-24(21)30/h6-8,18,20-22,24-25,30H,9-17H2,1-5H3,(H,31,32)/t18?,20-,21+,22-,24+,25+/m0/s1. The van der Waals surface area contributed by atoms with Gasteiger partial charge in [-0.25, -0.2) is 9.59 Å². The summed E-state index contributed by atoms with van der Waals surface area (Å²) in [5, 5.41) is 20.1. The topological polar surface area (TPSA) is 112 Å². The molecule has 1 aromatic rings. The number of aliphatic hydroxyl groups excluding tert-OH is 1. The number of aliphatic hydroxyl groups is 1. The van der Waals surface area contributed by atoms with Crippen LogP contribution in [-0.4, -0.2) is 61.5 Å². The van der Waals surface area contributed by atoms with Crippen molar-refractivity contribution in [1.82, 2.24) is 0 Å². The van der Waals surface area contributed by atoms with Gasteiger partial charge in [0.25, 0.3) is 0 Å². The van der Waals surface area contributed by atoms with Crippen molar-refractivity contribution in [2.75, 3.05) is 26.9 Å². The molecule has 0 spiro atoms. The number of ether oxygens (including phenoxy) is 4. The molecular formula is C29H44O8. The largest absolute Gasteiger partial charge is 0.508 e. The van der Waals surface area contributed by atoms with Gasteiger partial charge in [-0.15, -0.1) is 0 Å². The molecule has 1 aromatic carbocycles. The smallest absolute Gasteiger partial charge is 0.482 e. The number of hydrogen-bond acceptors (Lipinski definition) is 7. The van der Waals surface area contributed by atoms with Crippen molar-refractivity contribution in [2.45, 2.75) is 78.4 Å². The summed E-state index contributed by atoms with van der Waals surface area (Å²) >= 11 is 0. The number of carbonyl (C=O) groups excluding carboxylic acids is 1. The van der Waals surface area contributed by atoms with Gasteiger partial charge >= 0.3 is 12.1 Å². The molecule has 8 nitrogen and oxygen atoms in total. The third kappa shape index (κ3) is 8.34. The highest BCUT2D eigenvalue weighted by molar-refractivity contribution is 5.68. The van der Waals surface area contributed by atoms with Crippen molar-refractivity contribution in [3.05, 3.63) is 29.3 Å². The fraction of sp³-hybridized carbons (Fsp3) is 0.724. The van der Waals surface area contributed by atoms with Crippen molar-refractivity contribution in [2.24, 2.45) is 29.1 Å². The normalized spacial score (nSPS) is 24.5. The number of carboxylic acid groups (broad SMARTS) is 1. The Kier molecular flexibility index (Phi) is 10.2. The van der Waals surface area contributed by atoms with E-state index in [0.717, 1.165) is 31.2 Å². The summed E-state index contributed by atoms with van der Waals surface area (Å²) in [6.45, 7) is 8.75. The fourth-order valence-electron chi connectivity index (χ4n) is 6.36. The van der Waals surface area contributed by atoms with Crippen molar-refractivity contribution in [3.8, 4) is 5.75 Å². The lowest BCUT2D eigenvalue weighted by Crippen LogP contribution is -2.32. The zero-order chi connectivity index (χ0) is 27.2. The van der Waals surface area contributed by atoms with E-state index >= 15 is 0 Å². The average Bonchev–Trinajstić information content (AvgIpc) is 3.11. The highest BCUT2D eigenvalue weighted by Gasteiger charge is 2.45. The van der Waals surface area contributed by atoms with Crippen LogP contribution in [0.3, 0.4) is 0 Å². The summed E-state index contributed by atoms with van der Waals surface area (Å²) in [6, 6.07) is 5.81. The monoisotopic (exact) mass is 520 g/mol. The molecule has 2 aliphatic carbocycles. The Morgan fingerprint density at radius 3 is 2.59 bits per heavy atom. The minimum atomic E-state index is -0.998. The van der Waals surface area contributed by atoms with Crippen molar-refractivity contribution in [3.63, 3.8) is 0 Å². The predicted octanol–water partition coefficient (Wildman–Crippen LogP) is 4.88. The Morgan fingerprint density at radius 2 is 1.92 bits per heavy atom. The number of fused-ring (bicyclic) bond motifs is 2. The van der Waals surface area contributed by atoms with Crippen molar-refractivity contribution in [1.29, 1.82) is 0 Å². The van der Waals surface area contributed by atoms with Gasteiger partial charge in [0.2, 0.25) is 0 Å². The number of methoxy groups -OCH3 is 1. The lowest BCUT2D eigenvalue weighted by atomic mass is 9.73. The number of aliphatic carboxylic acids is 1. The van der Waals surface area contributed by atoms with Gasteiger partial charge in [-0.2, -0.15) is 0 Å². The molecule has 0 aliphatic heterocycles. The van der Waals surface area contributed by atoms with E-state index in [1.807, 2.05) is 12.1 Å². The molecule has 8 heteroatoms. The maximum absolute atomic E-state index is 12.4. The van der Waals surface area contributed by atoms with Crippen LogP contribution in [0.4, 0.5) is 4.79 Å². The third-order valence-electron chi connectivity index (χ3n) is 7.81. The van der Waals surface area contributed by atoms with Crippen LogP contribution in [0.5, 0.6) is 5.75 Å². The minimum absolute atomic E-state index is 0.0897. The molecule has 1 saturated carbocycles. The van der Waals surface area contributed by atoms with E-state index in [9.17, 15) is 14.7 Å². The predicted molar refractivity (Wildman–Crippen MR) is 139 cm³/mol. The molecule has 1 unspecified atom stereocenters. The van der Waals surface area contributed by atoms with Crippen LogP contribution in [0, 0.1) is 29.1 Å². The lowest BCUT2D eigenvalue weighted by Gasteiger charge is -2.34. The molecule has 6 atom stereocenters. The van der Waals surface area contributed by atoms with Gasteiger partial charge in [0.05, 0.1) is 12.7 Å². The van der Waals surface area contributed by atoms with E-state index in [-0.39, 0.29) is 36.6 Å². The molecule has 1 fully saturated rings. The van der Waals surface area contributed by atoms with E-state index in [4.69, 9.17) is 24.1 Å². The first-order valence-electron chi connectivity index (χ1n) is 13.4. The minimum Gasteiger partial charge on any atom is -0.482 e. The van der Waals surface area contributed by atoms with E-state index in [1.54, 1.807) is 7.11 Å². The zero-order valence-corrected chi connectivity index (χ0v) is 22.9. The summed E-state index contributed by atoms with van der Waals surface area (Å²) < 4.78 is 21.5. The maximum Gasteiger partial charge on any atom is 0.508 e. The fourth-order valence-corrected chi connectivity index (χ4v) is 6.36. The first-order chi connectivity index (χ1) is 17.5. The third-order valence-corrected chi connectivity index (χ3v) is 7.81. The molecule has 0 aromatic heterocycles. The Bertz CT molecular complexity index is 908. The Labute approximate surface area is 220 Å². The van der Waals surface area contributed by atoms with E-state index in [1.165, 1.54) is 5.56 Å². The van der Waals surface area contributed by atoms with Gasteiger partial charge in [0.1, 0.15) is 18.5 Å². The van der Waals surface area contributed by atoms with Crippen molar-refractivity contribution < 1.29 is 38.7 Å². The quantitative estimate of drug-likeness (QED) is 0.296. The molecule has 3 rings (SSSR count). The van der Waals surface area contributed by atoms with Gasteiger partial charge in [0.15, 0.2) is 6.61 Å². The van der Waals surface area contributed by atoms with Crippen LogP contribution < -0.4 is 4.74 Å². The summed E-state index contributed by atoms with van der Waals surface area (Å²) in [5.41, 5.74) is 2.32. The SMILES string of the molecule is COCCOC(=O)O[C@H](CC[C@@H]1[C@H]2Cc3cccc(OCC(=O)O)c3C[C@H]2C[C@H]1O)C(C)CC(C)(C)C. The molecule has 208 valence electrons. The van der Waals surface area contributed by atoms with Crippen LogP contribution in [0.2, 0.25) is 0 Å². The molecule has 0 bridgehead atoms. The van der Waals surface area contributed by atoms with Gasteiger partial charge < -0.3 is 29.2 Å². The average molecular weight is 521 g/mol. The molecule has 37 heavy (non-hydrogen) atoms. The summed E-state index contributed by atoms with van der Waals surface area (Å²) in [5.74, 6) is 0.525. The number of carboxylic acids is 1. The first-order valence-corrected chi connectivity index (χ1v) is 13.4. The van der Waals surface area contributed by atoms with Gasteiger partial charge in [-0.3, -0.25) is 0 Å². The summed E-state index contributed by atoms with van der Waals surface area (Å²) in [6.07, 6.45) is 3.25. The Balaban J connectivity index is 1.68.